The Hall–Kier alpha value is -2.80. The van der Waals surface area contributed by atoms with Crippen LogP contribution in [0.4, 0.5) is 0 Å². The molecule has 7 heteroatoms. The standard InChI is InChI=1S/C18H16N2O4S/c1-10-13-16(25-15(10)18(23)24-3)19-9-20(17(13)22)11(2)14(21)12-7-5-4-6-8-12/h4-9,11H,1-3H3. The maximum absolute atomic E-state index is 12.9. The van der Waals surface area contributed by atoms with Gasteiger partial charge in [-0.1, -0.05) is 30.3 Å². The molecular weight excluding hydrogens is 340 g/mol. The Morgan fingerprint density at radius 3 is 2.56 bits per heavy atom. The zero-order valence-electron chi connectivity index (χ0n) is 14.0. The minimum atomic E-state index is -0.701. The molecule has 0 spiro atoms. The van der Waals surface area contributed by atoms with E-state index in [0.717, 1.165) is 11.3 Å². The number of carbonyl (C=O) groups is 2. The summed E-state index contributed by atoms with van der Waals surface area (Å²) in [6, 6.07) is 8.09. The van der Waals surface area contributed by atoms with E-state index in [1.807, 2.05) is 6.07 Å². The summed E-state index contributed by atoms with van der Waals surface area (Å²) in [5.74, 6) is -0.676. The molecule has 2 heterocycles. The summed E-state index contributed by atoms with van der Waals surface area (Å²) in [6.45, 7) is 3.34. The van der Waals surface area contributed by atoms with Gasteiger partial charge in [-0.2, -0.15) is 0 Å². The molecule has 0 aliphatic heterocycles. The van der Waals surface area contributed by atoms with Crippen LogP contribution in [-0.2, 0) is 4.74 Å². The zero-order chi connectivity index (χ0) is 18.1. The molecule has 0 radical (unpaired) electrons. The number of hydrogen-bond donors (Lipinski definition) is 0. The van der Waals surface area contributed by atoms with Crippen LogP contribution >= 0.6 is 11.3 Å². The molecule has 1 atom stereocenters. The van der Waals surface area contributed by atoms with Crippen molar-refractivity contribution in [2.45, 2.75) is 19.9 Å². The maximum Gasteiger partial charge on any atom is 0.348 e. The molecule has 0 aliphatic rings. The normalized spacial score (nSPS) is 12.1. The van der Waals surface area contributed by atoms with E-state index in [1.165, 1.54) is 18.0 Å². The van der Waals surface area contributed by atoms with E-state index in [2.05, 4.69) is 4.98 Å². The fourth-order valence-electron chi connectivity index (χ4n) is 2.67. The number of nitrogens with zero attached hydrogens (tertiary/aromatic N) is 2. The van der Waals surface area contributed by atoms with Crippen molar-refractivity contribution in [3.8, 4) is 0 Å². The molecule has 1 unspecified atom stereocenters. The van der Waals surface area contributed by atoms with Gasteiger partial charge in [-0.25, -0.2) is 9.78 Å². The number of ether oxygens (including phenoxy) is 1. The lowest BCUT2D eigenvalue weighted by molar-refractivity contribution is 0.0605. The fourth-order valence-corrected chi connectivity index (χ4v) is 3.73. The summed E-state index contributed by atoms with van der Waals surface area (Å²) in [4.78, 5) is 42.4. The van der Waals surface area contributed by atoms with E-state index in [1.54, 1.807) is 38.1 Å². The number of aromatic nitrogens is 2. The number of fused-ring (bicyclic) bond motifs is 1. The van der Waals surface area contributed by atoms with E-state index >= 15 is 0 Å². The van der Waals surface area contributed by atoms with Crippen LogP contribution in [0.25, 0.3) is 10.2 Å². The van der Waals surface area contributed by atoms with Crippen molar-refractivity contribution in [1.29, 1.82) is 0 Å². The molecule has 1 aromatic carbocycles. The first-order valence-corrected chi connectivity index (χ1v) is 8.45. The molecule has 3 aromatic rings. The summed E-state index contributed by atoms with van der Waals surface area (Å²) in [6.07, 6.45) is 1.35. The van der Waals surface area contributed by atoms with E-state index in [9.17, 15) is 14.4 Å². The number of benzene rings is 1. The second kappa shape index (κ2) is 6.60. The van der Waals surface area contributed by atoms with Gasteiger partial charge in [0.15, 0.2) is 5.78 Å². The second-order valence-corrected chi connectivity index (χ2v) is 6.59. The van der Waals surface area contributed by atoms with Crippen LogP contribution in [0, 0.1) is 6.92 Å². The van der Waals surface area contributed by atoms with Crippen molar-refractivity contribution in [3.63, 3.8) is 0 Å². The first-order chi connectivity index (χ1) is 12.0. The van der Waals surface area contributed by atoms with Gasteiger partial charge in [0.2, 0.25) is 0 Å². The number of methoxy groups -OCH3 is 1. The summed E-state index contributed by atoms with van der Waals surface area (Å²) < 4.78 is 6.05. The third-order valence-corrected chi connectivity index (χ3v) is 5.28. The van der Waals surface area contributed by atoms with Crippen molar-refractivity contribution < 1.29 is 14.3 Å². The van der Waals surface area contributed by atoms with E-state index in [0.29, 0.717) is 26.2 Å². The summed E-state index contributed by atoms with van der Waals surface area (Å²) >= 11 is 1.11. The highest BCUT2D eigenvalue weighted by atomic mass is 32.1. The van der Waals surface area contributed by atoms with Gasteiger partial charge in [-0.15, -0.1) is 11.3 Å². The van der Waals surface area contributed by atoms with Gasteiger partial charge in [0.1, 0.15) is 9.71 Å². The second-order valence-electron chi connectivity index (χ2n) is 5.59. The number of esters is 1. The number of aryl methyl sites for hydroxylation is 1. The summed E-state index contributed by atoms with van der Waals surface area (Å²) in [5, 5.41) is 0.348. The Bertz CT molecular complexity index is 1020. The van der Waals surface area contributed by atoms with Crippen molar-refractivity contribution in [3.05, 3.63) is 63.0 Å². The lowest BCUT2D eigenvalue weighted by Crippen LogP contribution is -2.28. The predicted octanol–water partition coefficient (Wildman–Crippen LogP) is 3.00. The topological polar surface area (TPSA) is 78.3 Å². The van der Waals surface area contributed by atoms with Gasteiger partial charge in [0, 0.05) is 5.56 Å². The SMILES string of the molecule is COC(=O)c1sc2ncn(C(C)C(=O)c3ccccc3)c(=O)c2c1C. The van der Waals surface area contributed by atoms with Crippen LogP contribution in [0.5, 0.6) is 0 Å². The number of rotatable bonds is 4. The first kappa shape index (κ1) is 17.0. The average Bonchev–Trinajstić information content (AvgIpc) is 2.98. The quantitative estimate of drug-likeness (QED) is 0.530. The third-order valence-electron chi connectivity index (χ3n) is 4.10. The van der Waals surface area contributed by atoms with Gasteiger partial charge in [-0.05, 0) is 19.4 Å². The number of thiophene rings is 1. The fraction of sp³-hybridized carbons (Fsp3) is 0.222. The minimum Gasteiger partial charge on any atom is -0.465 e. The Labute approximate surface area is 147 Å². The largest absolute Gasteiger partial charge is 0.465 e. The molecule has 0 amide bonds. The Balaban J connectivity index is 2.10. The van der Waals surface area contributed by atoms with E-state index in [4.69, 9.17) is 4.74 Å². The number of Topliss-reactive ketones (excluding diaryl/α,β-unsaturated/α-hetero) is 1. The lowest BCUT2D eigenvalue weighted by Gasteiger charge is -2.13. The molecular formula is C18H16N2O4S. The molecule has 128 valence electrons. The molecule has 3 rings (SSSR count). The zero-order valence-corrected chi connectivity index (χ0v) is 14.8. The third kappa shape index (κ3) is 2.87. The first-order valence-electron chi connectivity index (χ1n) is 7.63. The van der Waals surface area contributed by atoms with Crippen LogP contribution in [0.15, 0.2) is 41.5 Å². The van der Waals surface area contributed by atoms with Gasteiger partial charge in [-0.3, -0.25) is 14.2 Å². The highest BCUT2D eigenvalue weighted by Crippen LogP contribution is 2.27. The lowest BCUT2D eigenvalue weighted by atomic mass is 10.1. The summed E-state index contributed by atoms with van der Waals surface area (Å²) in [7, 11) is 1.29. The van der Waals surface area contributed by atoms with E-state index < -0.39 is 12.0 Å². The van der Waals surface area contributed by atoms with Gasteiger partial charge < -0.3 is 4.74 Å². The van der Waals surface area contributed by atoms with Crippen LogP contribution < -0.4 is 5.56 Å². The molecule has 0 N–H and O–H groups in total. The Morgan fingerprint density at radius 2 is 1.92 bits per heavy atom. The number of carbonyl (C=O) groups excluding carboxylic acids is 2. The average molecular weight is 356 g/mol. The maximum atomic E-state index is 12.9. The van der Waals surface area contributed by atoms with Gasteiger partial charge in [0.05, 0.1) is 24.9 Å². The van der Waals surface area contributed by atoms with Crippen molar-refractivity contribution in [1.82, 2.24) is 9.55 Å². The monoisotopic (exact) mass is 356 g/mol. The predicted molar refractivity (Wildman–Crippen MR) is 95.4 cm³/mol. The smallest absolute Gasteiger partial charge is 0.348 e. The van der Waals surface area contributed by atoms with Crippen LogP contribution in [0.3, 0.4) is 0 Å². The highest BCUT2D eigenvalue weighted by molar-refractivity contribution is 7.20. The summed E-state index contributed by atoms with van der Waals surface area (Å²) in [5.41, 5.74) is 0.711. The van der Waals surface area contributed by atoms with Crippen molar-refractivity contribution in [2.24, 2.45) is 0 Å². The molecule has 2 aromatic heterocycles. The van der Waals surface area contributed by atoms with Crippen molar-refractivity contribution in [2.75, 3.05) is 7.11 Å². The molecule has 0 saturated heterocycles. The molecule has 6 nitrogen and oxygen atoms in total. The van der Waals surface area contributed by atoms with Crippen LogP contribution in [-0.4, -0.2) is 28.4 Å². The van der Waals surface area contributed by atoms with Crippen LogP contribution in [0.1, 0.15) is 38.6 Å². The van der Waals surface area contributed by atoms with E-state index in [-0.39, 0.29) is 11.3 Å². The highest BCUT2D eigenvalue weighted by Gasteiger charge is 2.23. The van der Waals surface area contributed by atoms with Gasteiger partial charge >= 0.3 is 5.97 Å². The number of ketones is 1. The molecule has 25 heavy (non-hydrogen) atoms. The Morgan fingerprint density at radius 1 is 1.24 bits per heavy atom. The number of hydrogen-bond acceptors (Lipinski definition) is 6. The molecule has 0 aliphatic carbocycles. The van der Waals surface area contributed by atoms with Crippen LogP contribution in [0.2, 0.25) is 0 Å². The molecule has 0 fully saturated rings. The molecule has 0 saturated carbocycles. The van der Waals surface area contributed by atoms with Gasteiger partial charge in [0.25, 0.3) is 5.56 Å². The minimum absolute atomic E-state index is 0.176. The van der Waals surface area contributed by atoms with Crippen molar-refractivity contribution >= 4 is 33.3 Å². The molecule has 0 bridgehead atoms. The Kier molecular flexibility index (Phi) is 4.50.